The van der Waals surface area contributed by atoms with E-state index in [9.17, 15) is 0 Å². The van der Waals surface area contributed by atoms with E-state index in [1.54, 1.807) is 12.1 Å². The van der Waals surface area contributed by atoms with Crippen LogP contribution in [0.1, 0.15) is 5.56 Å². The van der Waals surface area contributed by atoms with E-state index in [0.29, 0.717) is 16.4 Å². The first kappa shape index (κ1) is 8.14. The number of thioether (sulfide) groups is 1. The maximum absolute atomic E-state index is 8.77. The fraction of sp³-hybridized carbons (Fsp3) is 0.111. The monoisotopic (exact) mass is 190 g/mol. The first-order valence-electron chi connectivity index (χ1n) is 3.69. The van der Waals surface area contributed by atoms with Crippen molar-refractivity contribution in [1.82, 2.24) is 4.98 Å². The summed E-state index contributed by atoms with van der Waals surface area (Å²) in [5.41, 5.74) is 1.85. The molecule has 0 amide bonds. The summed E-state index contributed by atoms with van der Waals surface area (Å²) in [6.45, 7) is 0. The fourth-order valence-corrected chi connectivity index (χ4v) is 1.46. The topological polar surface area (TPSA) is 49.8 Å². The summed E-state index contributed by atoms with van der Waals surface area (Å²) in [6, 6.07) is 7.42. The molecule has 0 aliphatic rings. The predicted octanol–water partition coefficient (Wildman–Crippen LogP) is 2.42. The predicted molar refractivity (Wildman–Crippen MR) is 50.5 cm³/mol. The molecule has 0 N–H and O–H groups in total. The lowest BCUT2D eigenvalue weighted by Gasteiger charge is -1.87. The third-order valence-corrected chi connectivity index (χ3v) is 2.21. The van der Waals surface area contributed by atoms with Crippen molar-refractivity contribution in [1.29, 1.82) is 5.26 Å². The van der Waals surface area contributed by atoms with Crippen LogP contribution in [0, 0.1) is 11.3 Å². The van der Waals surface area contributed by atoms with E-state index < -0.39 is 0 Å². The Bertz CT molecular complexity index is 484. The van der Waals surface area contributed by atoms with Gasteiger partial charge in [0.1, 0.15) is 11.6 Å². The van der Waals surface area contributed by atoms with Gasteiger partial charge in [0.15, 0.2) is 5.58 Å². The molecule has 0 aliphatic heterocycles. The molecule has 64 valence electrons. The quantitative estimate of drug-likeness (QED) is 0.648. The van der Waals surface area contributed by atoms with Crippen molar-refractivity contribution in [2.45, 2.75) is 5.22 Å². The number of nitrogens with zero attached hydrogens (tertiary/aromatic N) is 2. The van der Waals surface area contributed by atoms with Gasteiger partial charge in [-0.15, -0.1) is 0 Å². The largest absolute Gasteiger partial charge is 0.430 e. The second kappa shape index (κ2) is 3.11. The Hall–Kier alpha value is -1.47. The molecule has 0 spiro atoms. The molecule has 0 bridgehead atoms. The molecular formula is C9H6N2OS. The Morgan fingerprint density at radius 3 is 3.08 bits per heavy atom. The number of nitriles is 1. The van der Waals surface area contributed by atoms with Crippen molar-refractivity contribution in [2.75, 3.05) is 6.26 Å². The summed E-state index contributed by atoms with van der Waals surface area (Å²) in [7, 11) is 0. The van der Waals surface area contributed by atoms with Crippen LogP contribution in [0.5, 0.6) is 0 Å². The number of benzene rings is 1. The van der Waals surface area contributed by atoms with E-state index in [1.807, 2.05) is 12.3 Å². The lowest BCUT2D eigenvalue weighted by molar-refractivity contribution is 0.489. The maximum Gasteiger partial charge on any atom is 0.256 e. The Morgan fingerprint density at radius 2 is 2.38 bits per heavy atom. The van der Waals surface area contributed by atoms with Crippen LogP contribution in [0.4, 0.5) is 0 Å². The smallest absolute Gasteiger partial charge is 0.256 e. The number of hydrogen-bond acceptors (Lipinski definition) is 4. The molecule has 1 aromatic heterocycles. The van der Waals surface area contributed by atoms with Crippen molar-refractivity contribution in [3.8, 4) is 6.07 Å². The van der Waals surface area contributed by atoms with Crippen LogP contribution in [0.15, 0.2) is 27.8 Å². The zero-order chi connectivity index (χ0) is 9.26. The van der Waals surface area contributed by atoms with Crippen molar-refractivity contribution < 1.29 is 4.42 Å². The molecule has 1 aromatic carbocycles. The molecule has 4 heteroatoms. The van der Waals surface area contributed by atoms with Crippen molar-refractivity contribution in [3.05, 3.63) is 23.8 Å². The Labute approximate surface area is 79.4 Å². The summed E-state index contributed by atoms with van der Waals surface area (Å²) >= 11 is 1.43. The molecule has 0 radical (unpaired) electrons. The maximum atomic E-state index is 8.77. The zero-order valence-corrected chi connectivity index (χ0v) is 7.76. The highest BCUT2D eigenvalue weighted by molar-refractivity contribution is 7.98. The van der Waals surface area contributed by atoms with Crippen LogP contribution < -0.4 is 0 Å². The van der Waals surface area contributed by atoms with Crippen molar-refractivity contribution in [2.24, 2.45) is 0 Å². The molecule has 0 atom stereocenters. The normalized spacial score (nSPS) is 10.2. The van der Waals surface area contributed by atoms with Gasteiger partial charge >= 0.3 is 0 Å². The lowest BCUT2D eigenvalue weighted by Crippen LogP contribution is -1.73. The summed E-state index contributed by atoms with van der Waals surface area (Å²) in [4.78, 5) is 4.19. The van der Waals surface area contributed by atoms with Crippen LogP contribution in [0.25, 0.3) is 11.1 Å². The molecule has 0 fully saturated rings. The second-order valence-electron chi connectivity index (χ2n) is 2.45. The molecule has 3 nitrogen and oxygen atoms in total. The van der Waals surface area contributed by atoms with Gasteiger partial charge in [0.25, 0.3) is 5.22 Å². The van der Waals surface area contributed by atoms with E-state index in [-0.39, 0.29) is 0 Å². The molecule has 2 rings (SSSR count). The highest BCUT2D eigenvalue weighted by Crippen LogP contribution is 2.23. The van der Waals surface area contributed by atoms with Crippen molar-refractivity contribution >= 4 is 22.9 Å². The van der Waals surface area contributed by atoms with E-state index in [0.717, 1.165) is 5.52 Å². The molecule has 2 aromatic rings. The molecule has 1 heterocycles. The first-order chi connectivity index (χ1) is 6.35. The van der Waals surface area contributed by atoms with Gasteiger partial charge in [0.05, 0.1) is 5.56 Å². The fourth-order valence-electron chi connectivity index (χ4n) is 1.10. The highest BCUT2D eigenvalue weighted by atomic mass is 32.2. The van der Waals surface area contributed by atoms with Gasteiger partial charge in [-0.25, -0.2) is 4.98 Å². The number of fused-ring (bicyclic) bond motifs is 1. The molecule has 0 saturated heterocycles. The van der Waals surface area contributed by atoms with E-state index in [1.165, 1.54) is 11.8 Å². The Kier molecular flexibility index (Phi) is 1.95. The average Bonchev–Trinajstić information content (AvgIpc) is 2.59. The molecule has 0 saturated carbocycles. The summed E-state index contributed by atoms with van der Waals surface area (Å²) in [6.07, 6.45) is 1.89. The van der Waals surface area contributed by atoms with Crippen LogP contribution in [-0.4, -0.2) is 11.2 Å². The van der Waals surface area contributed by atoms with E-state index in [4.69, 9.17) is 9.68 Å². The van der Waals surface area contributed by atoms with Gasteiger partial charge in [-0.1, -0.05) is 17.8 Å². The van der Waals surface area contributed by atoms with Crippen LogP contribution in [0.2, 0.25) is 0 Å². The van der Waals surface area contributed by atoms with Crippen LogP contribution in [-0.2, 0) is 0 Å². The standard InChI is InChI=1S/C9H6N2OS/c1-13-9-11-7-4-2-3-6(5-10)8(7)12-9/h2-4H,1H3. The van der Waals surface area contributed by atoms with Crippen LogP contribution in [0.3, 0.4) is 0 Å². The summed E-state index contributed by atoms with van der Waals surface area (Å²) in [5, 5.41) is 9.37. The highest BCUT2D eigenvalue weighted by Gasteiger charge is 2.07. The number of hydrogen-bond donors (Lipinski definition) is 0. The minimum atomic E-state index is 0.533. The SMILES string of the molecule is CSc1nc2cccc(C#N)c2o1. The number of rotatable bonds is 1. The minimum Gasteiger partial charge on any atom is -0.430 e. The van der Waals surface area contributed by atoms with Gasteiger partial charge < -0.3 is 4.42 Å². The van der Waals surface area contributed by atoms with E-state index in [2.05, 4.69) is 11.1 Å². The average molecular weight is 190 g/mol. The molecular weight excluding hydrogens is 184 g/mol. The van der Waals surface area contributed by atoms with Crippen molar-refractivity contribution in [3.63, 3.8) is 0 Å². The first-order valence-corrected chi connectivity index (χ1v) is 4.91. The Balaban J connectivity index is 2.76. The van der Waals surface area contributed by atoms with Crippen LogP contribution >= 0.6 is 11.8 Å². The van der Waals surface area contributed by atoms with Gasteiger partial charge in [0, 0.05) is 0 Å². The second-order valence-corrected chi connectivity index (χ2v) is 3.21. The molecule has 0 unspecified atom stereocenters. The third kappa shape index (κ3) is 1.27. The van der Waals surface area contributed by atoms with Gasteiger partial charge in [-0.3, -0.25) is 0 Å². The zero-order valence-electron chi connectivity index (χ0n) is 6.94. The Morgan fingerprint density at radius 1 is 1.54 bits per heavy atom. The number of aromatic nitrogens is 1. The number of oxazole rings is 1. The van der Waals surface area contributed by atoms with Gasteiger partial charge in [0.2, 0.25) is 0 Å². The lowest BCUT2D eigenvalue weighted by atomic mass is 10.2. The minimum absolute atomic E-state index is 0.533. The molecule has 0 aliphatic carbocycles. The third-order valence-electron chi connectivity index (χ3n) is 1.69. The van der Waals surface area contributed by atoms with Gasteiger partial charge in [-0.2, -0.15) is 5.26 Å². The summed E-state index contributed by atoms with van der Waals surface area (Å²) < 4.78 is 5.37. The van der Waals surface area contributed by atoms with E-state index >= 15 is 0 Å². The number of para-hydroxylation sites is 1. The summed E-state index contributed by atoms with van der Waals surface area (Å²) in [5.74, 6) is 0. The molecule has 13 heavy (non-hydrogen) atoms. The van der Waals surface area contributed by atoms with Gasteiger partial charge in [-0.05, 0) is 18.4 Å².